The van der Waals surface area contributed by atoms with Gasteiger partial charge in [0, 0.05) is 13.1 Å². The number of aliphatic hydroxyl groups is 1. The molecule has 0 saturated carbocycles. The van der Waals surface area contributed by atoms with E-state index in [1.165, 1.54) is 6.07 Å². The highest BCUT2D eigenvalue weighted by Crippen LogP contribution is 2.08. The van der Waals surface area contributed by atoms with Crippen LogP contribution >= 0.6 is 0 Å². The number of amides is 2. The van der Waals surface area contributed by atoms with Gasteiger partial charge in [-0.1, -0.05) is 12.1 Å². The van der Waals surface area contributed by atoms with E-state index in [4.69, 9.17) is 5.11 Å². The predicted octanol–water partition coefficient (Wildman–Crippen LogP) is 1.31. The van der Waals surface area contributed by atoms with E-state index in [1.807, 2.05) is 0 Å². The van der Waals surface area contributed by atoms with E-state index in [9.17, 15) is 9.18 Å². The van der Waals surface area contributed by atoms with Gasteiger partial charge in [0.2, 0.25) is 0 Å². The smallest absolute Gasteiger partial charge is 0.315 e. The summed E-state index contributed by atoms with van der Waals surface area (Å²) in [6, 6.07) is 4.43. The SMILES string of the molecule is Cc1ccc(CNC(=O)NCC(C)O)cc1F. The fourth-order valence-electron chi connectivity index (χ4n) is 1.23. The third-order valence-electron chi connectivity index (χ3n) is 2.25. The number of hydrogen-bond donors (Lipinski definition) is 3. The molecule has 0 saturated heterocycles. The molecule has 2 amide bonds. The summed E-state index contributed by atoms with van der Waals surface area (Å²) in [4.78, 5) is 11.2. The average Bonchev–Trinajstić information content (AvgIpc) is 2.28. The first-order chi connectivity index (χ1) is 7.99. The monoisotopic (exact) mass is 240 g/mol. The predicted molar refractivity (Wildman–Crippen MR) is 63.1 cm³/mol. The quantitative estimate of drug-likeness (QED) is 0.743. The standard InChI is InChI=1S/C12H17FN2O2/c1-8-3-4-10(5-11(8)13)7-15-12(17)14-6-9(2)16/h3-5,9,16H,6-7H2,1-2H3,(H2,14,15,17). The lowest BCUT2D eigenvalue weighted by atomic mass is 10.1. The van der Waals surface area contributed by atoms with Crippen molar-refractivity contribution in [2.75, 3.05) is 6.54 Å². The minimum atomic E-state index is -0.586. The van der Waals surface area contributed by atoms with Crippen LogP contribution in [0.5, 0.6) is 0 Å². The molecule has 0 aliphatic heterocycles. The molecule has 94 valence electrons. The van der Waals surface area contributed by atoms with Crippen molar-refractivity contribution in [2.45, 2.75) is 26.5 Å². The van der Waals surface area contributed by atoms with E-state index in [-0.39, 0.29) is 24.9 Å². The van der Waals surface area contributed by atoms with Gasteiger partial charge in [0.15, 0.2) is 0 Å². The molecule has 1 aromatic rings. The van der Waals surface area contributed by atoms with Crippen LogP contribution in [-0.4, -0.2) is 23.8 Å². The summed E-state index contributed by atoms with van der Waals surface area (Å²) in [5, 5.41) is 14.0. The van der Waals surface area contributed by atoms with Crippen LogP contribution in [0.15, 0.2) is 18.2 Å². The van der Waals surface area contributed by atoms with E-state index < -0.39 is 6.10 Å². The lowest BCUT2D eigenvalue weighted by Crippen LogP contribution is -2.38. The molecule has 0 radical (unpaired) electrons. The van der Waals surface area contributed by atoms with Crippen molar-refractivity contribution >= 4 is 6.03 Å². The highest BCUT2D eigenvalue weighted by molar-refractivity contribution is 5.73. The summed E-state index contributed by atoms with van der Waals surface area (Å²) in [7, 11) is 0. The molecule has 0 aromatic heterocycles. The van der Waals surface area contributed by atoms with Crippen molar-refractivity contribution in [1.82, 2.24) is 10.6 Å². The highest BCUT2D eigenvalue weighted by Gasteiger charge is 2.03. The Balaban J connectivity index is 2.39. The Morgan fingerprint density at radius 2 is 2.18 bits per heavy atom. The van der Waals surface area contributed by atoms with Gasteiger partial charge in [-0.2, -0.15) is 0 Å². The molecule has 1 aromatic carbocycles. The number of carbonyl (C=O) groups excluding carboxylic acids is 1. The summed E-state index contributed by atoms with van der Waals surface area (Å²) in [6.07, 6.45) is -0.586. The van der Waals surface area contributed by atoms with Crippen LogP contribution < -0.4 is 10.6 Å². The fraction of sp³-hybridized carbons (Fsp3) is 0.417. The molecule has 3 N–H and O–H groups in total. The lowest BCUT2D eigenvalue weighted by molar-refractivity contribution is 0.187. The topological polar surface area (TPSA) is 61.4 Å². The van der Waals surface area contributed by atoms with Gasteiger partial charge < -0.3 is 15.7 Å². The van der Waals surface area contributed by atoms with Crippen LogP contribution in [0.2, 0.25) is 0 Å². The first-order valence-electron chi connectivity index (χ1n) is 5.44. The summed E-state index contributed by atoms with van der Waals surface area (Å²) >= 11 is 0. The normalized spacial score (nSPS) is 12.0. The molecule has 1 unspecified atom stereocenters. The molecule has 0 spiro atoms. The second kappa shape index (κ2) is 6.20. The van der Waals surface area contributed by atoms with Crippen LogP contribution in [-0.2, 0) is 6.54 Å². The second-order valence-corrected chi connectivity index (χ2v) is 4.00. The average molecular weight is 240 g/mol. The van der Waals surface area contributed by atoms with Crippen molar-refractivity contribution in [1.29, 1.82) is 0 Å². The zero-order chi connectivity index (χ0) is 12.8. The second-order valence-electron chi connectivity index (χ2n) is 4.00. The van der Waals surface area contributed by atoms with Gasteiger partial charge in [-0.25, -0.2) is 9.18 Å². The maximum atomic E-state index is 13.2. The Hall–Kier alpha value is -1.62. The van der Waals surface area contributed by atoms with Crippen LogP contribution in [0.1, 0.15) is 18.1 Å². The summed E-state index contributed by atoms with van der Waals surface area (Å²) < 4.78 is 13.2. The summed E-state index contributed by atoms with van der Waals surface area (Å²) in [5.41, 5.74) is 1.27. The van der Waals surface area contributed by atoms with Crippen molar-refractivity contribution < 1.29 is 14.3 Å². The number of rotatable bonds is 4. The van der Waals surface area contributed by atoms with E-state index in [2.05, 4.69) is 10.6 Å². The highest BCUT2D eigenvalue weighted by atomic mass is 19.1. The van der Waals surface area contributed by atoms with Crippen LogP contribution in [0.3, 0.4) is 0 Å². The Morgan fingerprint density at radius 1 is 1.47 bits per heavy atom. The molecule has 0 aliphatic carbocycles. The Bertz CT molecular complexity index is 394. The third-order valence-corrected chi connectivity index (χ3v) is 2.25. The van der Waals surface area contributed by atoms with E-state index >= 15 is 0 Å². The molecule has 0 aliphatic rings. The Labute approximate surface area is 99.8 Å². The van der Waals surface area contributed by atoms with Gasteiger partial charge in [-0.05, 0) is 31.0 Å². The zero-order valence-electron chi connectivity index (χ0n) is 9.96. The van der Waals surface area contributed by atoms with Crippen molar-refractivity contribution in [3.63, 3.8) is 0 Å². The lowest BCUT2D eigenvalue weighted by Gasteiger charge is -2.09. The number of urea groups is 1. The number of aliphatic hydroxyl groups excluding tert-OH is 1. The molecular weight excluding hydrogens is 223 g/mol. The van der Waals surface area contributed by atoms with Crippen LogP contribution in [0.4, 0.5) is 9.18 Å². The molecule has 1 atom stereocenters. The number of hydrogen-bond acceptors (Lipinski definition) is 2. The summed E-state index contributed by atoms with van der Waals surface area (Å²) in [6.45, 7) is 3.70. The Morgan fingerprint density at radius 3 is 2.76 bits per heavy atom. The van der Waals surface area contributed by atoms with Crippen molar-refractivity contribution in [2.24, 2.45) is 0 Å². The minimum absolute atomic E-state index is 0.189. The van der Waals surface area contributed by atoms with Crippen LogP contribution in [0.25, 0.3) is 0 Å². The maximum absolute atomic E-state index is 13.2. The van der Waals surface area contributed by atoms with Gasteiger partial charge >= 0.3 is 6.03 Å². The maximum Gasteiger partial charge on any atom is 0.315 e. The number of carbonyl (C=O) groups is 1. The first-order valence-corrected chi connectivity index (χ1v) is 5.44. The molecule has 0 fully saturated rings. The zero-order valence-corrected chi connectivity index (χ0v) is 9.96. The molecule has 1 rings (SSSR count). The Kier molecular flexibility index (Phi) is 4.90. The first kappa shape index (κ1) is 13.4. The molecular formula is C12H17FN2O2. The van der Waals surface area contributed by atoms with Crippen LogP contribution in [0, 0.1) is 12.7 Å². The fourth-order valence-corrected chi connectivity index (χ4v) is 1.23. The molecule has 5 heteroatoms. The van der Waals surface area contributed by atoms with Crippen molar-refractivity contribution in [3.05, 3.63) is 35.1 Å². The molecule has 0 heterocycles. The minimum Gasteiger partial charge on any atom is -0.392 e. The number of nitrogens with one attached hydrogen (secondary N) is 2. The molecule has 0 bridgehead atoms. The number of aryl methyl sites for hydroxylation is 1. The van der Waals surface area contributed by atoms with E-state index in [1.54, 1.807) is 26.0 Å². The van der Waals surface area contributed by atoms with Crippen molar-refractivity contribution in [3.8, 4) is 0 Å². The van der Waals surface area contributed by atoms with E-state index in [0.717, 1.165) is 0 Å². The summed E-state index contributed by atoms with van der Waals surface area (Å²) in [5.74, 6) is -0.284. The molecule has 17 heavy (non-hydrogen) atoms. The van der Waals surface area contributed by atoms with Gasteiger partial charge in [-0.15, -0.1) is 0 Å². The number of benzene rings is 1. The van der Waals surface area contributed by atoms with Gasteiger partial charge in [0.25, 0.3) is 0 Å². The molecule has 4 nitrogen and oxygen atoms in total. The van der Waals surface area contributed by atoms with E-state index in [0.29, 0.717) is 11.1 Å². The largest absolute Gasteiger partial charge is 0.392 e. The third kappa shape index (κ3) is 4.82. The van der Waals surface area contributed by atoms with Gasteiger partial charge in [-0.3, -0.25) is 0 Å². The van der Waals surface area contributed by atoms with Gasteiger partial charge in [0.1, 0.15) is 5.82 Å². The van der Waals surface area contributed by atoms with Gasteiger partial charge in [0.05, 0.1) is 6.10 Å². The number of halogens is 1.